The number of amides is 2. The maximum absolute atomic E-state index is 13.2. The maximum atomic E-state index is 13.2. The first kappa shape index (κ1) is 21.2. The normalized spacial score (nSPS) is 17.6. The van der Waals surface area contributed by atoms with Crippen LogP contribution in [0.1, 0.15) is 39.9 Å². The second kappa shape index (κ2) is 8.24. The zero-order valence-corrected chi connectivity index (χ0v) is 17.4. The smallest absolute Gasteiger partial charge is 0.263 e. The van der Waals surface area contributed by atoms with Crippen LogP contribution in [0, 0.1) is 5.92 Å². The summed E-state index contributed by atoms with van der Waals surface area (Å²) in [5, 5.41) is 2.54. The van der Waals surface area contributed by atoms with Gasteiger partial charge in [0.15, 0.2) is 0 Å². The summed E-state index contributed by atoms with van der Waals surface area (Å²) < 4.78 is 27.9. The van der Waals surface area contributed by atoms with E-state index in [9.17, 15) is 23.2 Å². The predicted octanol–water partition coefficient (Wildman–Crippen LogP) is 2.38. The molecule has 8 heteroatoms. The van der Waals surface area contributed by atoms with Gasteiger partial charge in [-0.25, -0.2) is 8.78 Å². The SMILES string of the molecule is CNC(=O)c1c2c(cn(CCc3ccccc3)c1=O)CN(C(=O)C1CC(F)(F)C1)CC2. The molecule has 4 rings (SSSR count). The lowest BCUT2D eigenvalue weighted by Gasteiger charge is -2.39. The van der Waals surface area contributed by atoms with Gasteiger partial charge in [0.05, 0.1) is 0 Å². The van der Waals surface area contributed by atoms with E-state index in [0.29, 0.717) is 31.5 Å². The molecule has 0 unspecified atom stereocenters. The van der Waals surface area contributed by atoms with E-state index in [1.807, 2.05) is 30.3 Å². The second-order valence-electron chi connectivity index (χ2n) is 8.29. The van der Waals surface area contributed by atoms with E-state index < -0.39 is 30.6 Å². The van der Waals surface area contributed by atoms with E-state index in [1.54, 1.807) is 11.1 Å². The van der Waals surface area contributed by atoms with Crippen molar-refractivity contribution in [3.05, 3.63) is 69.1 Å². The van der Waals surface area contributed by atoms with Crippen molar-refractivity contribution in [3.8, 4) is 0 Å². The quantitative estimate of drug-likeness (QED) is 0.794. The molecule has 2 heterocycles. The predicted molar refractivity (Wildman–Crippen MR) is 111 cm³/mol. The average Bonchev–Trinajstić information content (AvgIpc) is 2.75. The van der Waals surface area contributed by atoms with Gasteiger partial charge in [-0.1, -0.05) is 30.3 Å². The highest BCUT2D eigenvalue weighted by Gasteiger charge is 2.50. The Hall–Kier alpha value is -3.03. The highest BCUT2D eigenvalue weighted by Crippen LogP contribution is 2.43. The van der Waals surface area contributed by atoms with Crippen LogP contribution >= 0.6 is 0 Å². The van der Waals surface area contributed by atoms with Gasteiger partial charge >= 0.3 is 0 Å². The Balaban J connectivity index is 1.61. The van der Waals surface area contributed by atoms with Crippen molar-refractivity contribution in [2.24, 2.45) is 5.92 Å². The number of nitrogens with one attached hydrogen (secondary N) is 1. The number of fused-ring (bicyclic) bond motifs is 1. The van der Waals surface area contributed by atoms with Crippen LogP contribution in [0.3, 0.4) is 0 Å². The number of alkyl halides is 2. The van der Waals surface area contributed by atoms with Gasteiger partial charge in [-0.3, -0.25) is 14.4 Å². The first-order valence-corrected chi connectivity index (χ1v) is 10.5. The molecule has 1 aliphatic carbocycles. The van der Waals surface area contributed by atoms with Crippen LogP contribution in [0.2, 0.25) is 0 Å². The molecule has 1 aromatic carbocycles. The van der Waals surface area contributed by atoms with Crippen LogP contribution in [-0.4, -0.2) is 40.8 Å². The number of rotatable bonds is 5. The number of hydrogen-bond donors (Lipinski definition) is 1. The van der Waals surface area contributed by atoms with Crippen molar-refractivity contribution >= 4 is 11.8 Å². The van der Waals surface area contributed by atoms with Gasteiger partial charge in [-0.2, -0.15) is 0 Å². The Kier molecular flexibility index (Phi) is 5.64. The number of aromatic nitrogens is 1. The van der Waals surface area contributed by atoms with Gasteiger partial charge in [0.25, 0.3) is 11.5 Å². The van der Waals surface area contributed by atoms with E-state index in [4.69, 9.17) is 0 Å². The summed E-state index contributed by atoms with van der Waals surface area (Å²) in [5.41, 5.74) is 2.18. The average molecular weight is 429 g/mol. The maximum Gasteiger partial charge on any atom is 0.263 e. The van der Waals surface area contributed by atoms with E-state index in [1.165, 1.54) is 11.6 Å². The first-order chi connectivity index (χ1) is 14.8. The van der Waals surface area contributed by atoms with E-state index in [2.05, 4.69) is 5.32 Å². The van der Waals surface area contributed by atoms with Crippen molar-refractivity contribution in [2.75, 3.05) is 13.6 Å². The molecule has 1 aromatic heterocycles. The van der Waals surface area contributed by atoms with E-state index >= 15 is 0 Å². The molecule has 31 heavy (non-hydrogen) atoms. The fourth-order valence-corrected chi connectivity index (χ4v) is 4.41. The Morgan fingerprint density at radius 1 is 1.19 bits per heavy atom. The zero-order chi connectivity index (χ0) is 22.2. The number of nitrogens with zero attached hydrogens (tertiary/aromatic N) is 2. The first-order valence-electron chi connectivity index (χ1n) is 10.5. The zero-order valence-electron chi connectivity index (χ0n) is 17.4. The molecule has 6 nitrogen and oxygen atoms in total. The van der Waals surface area contributed by atoms with Gasteiger partial charge in [0.1, 0.15) is 5.56 Å². The third-order valence-electron chi connectivity index (χ3n) is 6.16. The Labute approximate surface area is 178 Å². The summed E-state index contributed by atoms with van der Waals surface area (Å²) >= 11 is 0. The number of aryl methyl sites for hydroxylation is 2. The molecular weight excluding hydrogens is 404 g/mol. The van der Waals surface area contributed by atoms with Gasteiger partial charge in [0, 0.05) is 51.6 Å². The van der Waals surface area contributed by atoms with Crippen LogP contribution in [0.25, 0.3) is 0 Å². The lowest BCUT2D eigenvalue weighted by atomic mass is 9.80. The molecule has 0 atom stereocenters. The van der Waals surface area contributed by atoms with Crippen molar-refractivity contribution in [1.29, 1.82) is 0 Å². The molecular formula is C23H25F2N3O3. The molecule has 2 aromatic rings. The fourth-order valence-electron chi connectivity index (χ4n) is 4.41. The molecule has 1 N–H and O–H groups in total. The van der Waals surface area contributed by atoms with Crippen molar-refractivity contribution in [2.45, 2.75) is 44.7 Å². The van der Waals surface area contributed by atoms with Gasteiger partial charge < -0.3 is 14.8 Å². The molecule has 1 fully saturated rings. The van der Waals surface area contributed by atoms with Crippen LogP contribution < -0.4 is 10.9 Å². The summed E-state index contributed by atoms with van der Waals surface area (Å²) in [7, 11) is 1.48. The largest absolute Gasteiger partial charge is 0.355 e. The molecule has 0 spiro atoms. The molecule has 0 radical (unpaired) electrons. The third kappa shape index (κ3) is 4.24. The molecule has 2 amide bonds. The number of benzene rings is 1. The Bertz CT molecular complexity index is 1060. The molecule has 1 aliphatic heterocycles. The van der Waals surface area contributed by atoms with E-state index in [-0.39, 0.29) is 23.6 Å². The summed E-state index contributed by atoms with van der Waals surface area (Å²) in [5.74, 6) is -4.13. The van der Waals surface area contributed by atoms with Gasteiger partial charge in [-0.05, 0) is 29.5 Å². The third-order valence-corrected chi connectivity index (χ3v) is 6.16. The molecule has 0 saturated heterocycles. The van der Waals surface area contributed by atoms with Crippen LogP contribution in [-0.2, 0) is 30.7 Å². The minimum absolute atomic E-state index is 0.107. The second-order valence-corrected chi connectivity index (χ2v) is 8.29. The molecule has 164 valence electrons. The van der Waals surface area contributed by atoms with Crippen molar-refractivity contribution in [1.82, 2.24) is 14.8 Å². The summed E-state index contributed by atoms with van der Waals surface area (Å²) in [4.78, 5) is 39.8. The molecule has 1 saturated carbocycles. The monoisotopic (exact) mass is 429 g/mol. The number of hydrogen-bond acceptors (Lipinski definition) is 3. The number of carbonyl (C=O) groups excluding carboxylic acids is 2. The summed E-state index contributed by atoms with van der Waals surface area (Å²) in [6.07, 6.45) is 1.86. The minimum atomic E-state index is -2.75. The van der Waals surface area contributed by atoms with Crippen molar-refractivity contribution < 1.29 is 18.4 Å². The number of carbonyl (C=O) groups is 2. The molecule has 0 bridgehead atoms. The minimum Gasteiger partial charge on any atom is -0.355 e. The highest BCUT2D eigenvalue weighted by molar-refractivity contribution is 5.95. The van der Waals surface area contributed by atoms with Crippen molar-refractivity contribution in [3.63, 3.8) is 0 Å². The molecule has 2 aliphatic rings. The fraction of sp³-hybridized carbons (Fsp3) is 0.435. The summed E-state index contributed by atoms with van der Waals surface area (Å²) in [6.45, 7) is 0.917. The van der Waals surface area contributed by atoms with Crippen LogP contribution in [0.5, 0.6) is 0 Å². The number of halogens is 2. The van der Waals surface area contributed by atoms with E-state index in [0.717, 1.165) is 11.1 Å². The van der Waals surface area contributed by atoms with Crippen LogP contribution in [0.4, 0.5) is 8.78 Å². The summed E-state index contributed by atoms with van der Waals surface area (Å²) in [6, 6.07) is 9.71. The standard InChI is InChI=1S/C23H25F2N3O3/c1-26-20(29)19-18-8-10-27(21(30)16-11-23(24,25)12-16)13-17(18)14-28(22(19)31)9-7-15-5-3-2-4-6-15/h2-6,14,16H,7-13H2,1H3,(H,26,29). The highest BCUT2D eigenvalue weighted by atomic mass is 19.3. The Morgan fingerprint density at radius 3 is 2.55 bits per heavy atom. The lowest BCUT2D eigenvalue weighted by molar-refractivity contribution is -0.160. The Morgan fingerprint density at radius 2 is 1.90 bits per heavy atom. The lowest BCUT2D eigenvalue weighted by Crippen LogP contribution is -2.48. The van der Waals surface area contributed by atoms with Gasteiger partial charge in [0.2, 0.25) is 11.8 Å². The van der Waals surface area contributed by atoms with Crippen LogP contribution in [0.15, 0.2) is 41.3 Å². The number of pyridine rings is 1. The topological polar surface area (TPSA) is 71.4 Å². The van der Waals surface area contributed by atoms with Gasteiger partial charge in [-0.15, -0.1) is 0 Å².